The number of aliphatic hydroxyl groups is 1. The molecule has 1 aliphatic heterocycles. The van der Waals surface area contributed by atoms with Crippen LogP contribution in [0.3, 0.4) is 0 Å². The molecule has 4 nitrogen and oxygen atoms in total. The van der Waals surface area contributed by atoms with Gasteiger partial charge in [-0.3, -0.25) is 4.79 Å². The predicted molar refractivity (Wildman–Crippen MR) is 69.5 cm³/mol. The standard InChI is InChI=1S/C13H14ClF2NO3/c1-20-8-2-3-9(10(14)6-8)11(18)17-5-4-13(19,7-17)12(15)16/h2-3,6,12,19H,4-5,7H2,1H3. The third kappa shape index (κ3) is 2.71. The monoisotopic (exact) mass is 305 g/mol. The average molecular weight is 306 g/mol. The zero-order chi connectivity index (χ0) is 14.9. The summed E-state index contributed by atoms with van der Waals surface area (Å²) in [5.74, 6) is 0.0197. The van der Waals surface area contributed by atoms with E-state index in [0.717, 1.165) is 0 Å². The molecule has 2 rings (SSSR count). The van der Waals surface area contributed by atoms with Gasteiger partial charge in [0.05, 0.1) is 24.2 Å². The van der Waals surface area contributed by atoms with Crippen molar-refractivity contribution < 1.29 is 23.4 Å². The third-order valence-corrected chi connectivity index (χ3v) is 3.69. The van der Waals surface area contributed by atoms with Gasteiger partial charge < -0.3 is 14.7 Å². The van der Waals surface area contributed by atoms with Crippen LogP contribution in [0, 0.1) is 0 Å². The van der Waals surface area contributed by atoms with E-state index >= 15 is 0 Å². The summed E-state index contributed by atoms with van der Waals surface area (Å²) in [6.07, 6.45) is -3.03. The number of amides is 1. The molecule has 1 aromatic carbocycles. The fourth-order valence-corrected chi connectivity index (χ4v) is 2.39. The van der Waals surface area contributed by atoms with Crippen LogP contribution in [0.5, 0.6) is 5.75 Å². The van der Waals surface area contributed by atoms with Crippen LogP contribution in [0.15, 0.2) is 18.2 Å². The van der Waals surface area contributed by atoms with E-state index in [1.807, 2.05) is 0 Å². The second kappa shape index (κ2) is 5.54. The SMILES string of the molecule is COc1ccc(C(=O)N2CCC(O)(C(F)F)C2)c(Cl)c1. The summed E-state index contributed by atoms with van der Waals surface area (Å²) in [5, 5.41) is 9.87. The summed E-state index contributed by atoms with van der Waals surface area (Å²) in [7, 11) is 1.47. The summed E-state index contributed by atoms with van der Waals surface area (Å²) in [5.41, 5.74) is -1.93. The summed E-state index contributed by atoms with van der Waals surface area (Å²) in [6, 6.07) is 4.52. The molecular weight excluding hydrogens is 292 g/mol. The van der Waals surface area contributed by atoms with Crippen molar-refractivity contribution in [2.45, 2.75) is 18.4 Å². The van der Waals surface area contributed by atoms with Crippen LogP contribution < -0.4 is 4.74 Å². The normalized spacial score (nSPS) is 22.4. The number of hydrogen-bond acceptors (Lipinski definition) is 3. The van der Waals surface area contributed by atoms with Gasteiger partial charge in [0.25, 0.3) is 12.3 Å². The molecule has 1 heterocycles. The van der Waals surface area contributed by atoms with E-state index in [4.69, 9.17) is 16.3 Å². The maximum atomic E-state index is 12.7. The summed E-state index contributed by atoms with van der Waals surface area (Å²) in [4.78, 5) is 13.4. The van der Waals surface area contributed by atoms with E-state index in [-0.39, 0.29) is 23.6 Å². The number of hydrogen-bond donors (Lipinski definition) is 1. The molecule has 1 aromatic rings. The molecule has 1 unspecified atom stereocenters. The number of methoxy groups -OCH3 is 1. The van der Waals surface area contributed by atoms with Crippen LogP contribution in [0.4, 0.5) is 8.78 Å². The Morgan fingerprint density at radius 3 is 2.75 bits per heavy atom. The zero-order valence-corrected chi connectivity index (χ0v) is 11.5. The van der Waals surface area contributed by atoms with Gasteiger partial charge in [0.2, 0.25) is 0 Å². The van der Waals surface area contributed by atoms with Crippen LogP contribution in [-0.2, 0) is 0 Å². The third-order valence-electron chi connectivity index (χ3n) is 3.38. The van der Waals surface area contributed by atoms with Crippen LogP contribution in [0.25, 0.3) is 0 Å². The van der Waals surface area contributed by atoms with Crippen LogP contribution in [-0.4, -0.2) is 48.1 Å². The van der Waals surface area contributed by atoms with Gasteiger partial charge in [-0.05, 0) is 18.2 Å². The largest absolute Gasteiger partial charge is 0.497 e. The summed E-state index contributed by atoms with van der Waals surface area (Å²) in [6.45, 7) is -0.326. The van der Waals surface area contributed by atoms with E-state index < -0.39 is 24.5 Å². The molecule has 0 bridgehead atoms. The van der Waals surface area contributed by atoms with E-state index in [1.54, 1.807) is 6.07 Å². The number of rotatable bonds is 3. The molecule has 0 aliphatic carbocycles. The minimum absolute atomic E-state index is 0.0715. The number of alkyl halides is 2. The quantitative estimate of drug-likeness (QED) is 0.931. The van der Waals surface area contributed by atoms with Crippen molar-refractivity contribution in [3.8, 4) is 5.75 Å². The lowest BCUT2D eigenvalue weighted by Crippen LogP contribution is -2.41. The summed E-state index contributed by atoms with van der Waals surface area (Å²) < 4.78 is 30.4. The molecule has 0 spiro atoms. The smallest absolute Gasteiger partial charge is 0.268 e. The van der Waals surface area contributed by atoms with E-state index in [2.05, 4.69) is 0 Å². The fraction of sp³-hybridized carbons (Fsp3) is 0.462. The maximum absolute atomic E-state index is 12.7. The molecule has 20 heavy (non-hydrogen) atoms. The van der Waals surface area contributed by atoms with Gasteiger partial charge in [-0.25, -0.2) is 8.78 Å². The highest BCUT2D eigenvalue weighted by molar-refractivity contribution is 6.34. The zero-order valence-electron chi connectivity index (χ0n) is 10.8. The minimum atomic E-state index is -2.88. The molecule has 1 N–H and O–H groups in total. The first-order valence-electron chi connectivity index (χ1n) is 6.01. The van der Waals surface area contributed by atoms with Crippen LogP contribution >= 0.6 is 11.6 Å². The maximum Gasteiger partial charge on any atom is 0.268 e. The number of carbonyl (C=O) groups excluding carboxylic acids is 1. The van der Waals surface area contributed by atoms with Gasteiger partial charge in [-0.2, -0.15) is 0 Å². The van der Waals surface area contributed by atoms with Crippen molar-refractivity contribution in [1.29, 1.82) is 0 Å². The van der Waals surface area contributed by atoms with Gasteiger partial charge in [0.1, 0.15) is 11.4 Å². The van der Waals surface area contributed by atoms with Crippen molar-refractivity contribution >= 4 is 17.5 Å². The fourth-order valence-electron chi connectivity index (χ4n) is 2.14. The van der Waals surface area contributed by atoms with Gasteiger partial charge in [-0.15, -0.1) is 0 Å². The molecular formula is C13H14ClF2NO3. The number of likely N-dealkylation sites (tertiary alicyclic amines) is 1. The van der Waals surface area contributed by atoms with Gasteiger partial charge >= 0.3 is 0 Å². The number of nitrogens with zero attached hydrogens (tertiary/aromatic N) is 1. The number of ether oxygens (including phenoxy) is 1. The van der Waals surface area contributed by atoms with E-state index in [1.165, 1.54) is 24.1 Å². The van der Waals surface area contributed by atoms with Crippen molar-refractivity contribution in [2.75, 3.05) is 20.2 Å². The summed E-state index contributed by atoms with van der Waals surface area (Å²) >= 11 is 5.98. The lowest BCUT2D eigenvalue weighted by molar-refractivity contribution is -0.0855. The van der Waals surface area contributed by atoms with Crippen molar-refractivity contribution in [2.24, 2.45) is 0 Å². The first-order chi connectivity index (χ1) is 9.37. The Bertz CT molecular complexity index is 526. The highest BCUT2D eigenvalue weighted by atomic mass is 35.5. The van der Waals surface area contributed by atoms with Crippen LogP contribution in [0.2, 0.25) is 5.02 Å². The molecule has 0 saturated carbocycles. The van der Waals surface area contributed by atoms with E-state index in [9.17, 15) is 18.7 Å². The molecule has 1 atom stereocenters. The highest BCUT2D eigenvalue weighted by Gasteiger charge is 2.45. The second-order valence-corrected chi connectivity index (χ2v) is 5.13. The van der Waals surface area contributed by atoms with Gasteiger partial charge in [0.15, 0.2) is 0 Å². The van der Waals surface area contributed by atoms with Crippen molar-refractivity contribution in [1.82, 2.24) is 4.90 Å². The predicted octanol–water partition coefficient (Wildman–Crippen LogP) is 2.19. The number of benzene rings is 1. The first-order valence-corrected chi connectivity index (χ1v) is 6.38. The molecule has 110 valence electrons. The van der Waals surface area contributed by atoms with Gasteiger partial charge in [-0.1, -0.05) is 11.6 Å². The molecule has 0 aromatic heterocycles. The Labute approximate surface area is 119 Å². The lowest BCUT2D eigenvalue weighted by atomic mass is 10.1. The minimum Gasteiger partial charge on any atom is -0.497 e. The number of β-amino-alcohol motifs (C(OH)–C–C–N with tert-alkyl or cyclic N) is 1. The molecule has 0 radical (unpaired) electrons. The Morgan fingerprint density at radius 2 is 2.25 bits per heavy atom. The molecule has 7 heteroatoms. The average Bonchev–Trinajstić information content (AvgIpc) is 2.82. The van der Waals surface area contributed by atoms with Crippen molar-refractivity contribution in [3.05, 3.63) is 28.8 Å². The first kappa shape index (κ1) is 15.0. The number of halogens is 3. The van der Waals surface area contributed by atoms with Gasteiger partial charge in [0, 0.05) is 13.0 Å². The van der Waals surface area contributed by atoms with E-state index in [0.29, 0.717) is 5.75 Å². The Morgan fingerprint density at radius 1 is 1.55 bits per heavy atom. The lowest BCUT2D eigenvalue weighted by Gasteiger charge is -2.22. The Kier molecular flexibility index (Phi) is 4.15. The topological polar surface area (TPSA) is 49.8 Å². The Hall–Kier alpha value is -1.40. The molecule has 1 aliphatic rings. The molecule has 1 amide bonds. The second-order valence-electron chi connectivity index (χ2n) is 4.73. The molecule has 1 saturated heterocycles. The highest BCUT2D eigenvalue weighted by Crippen LogP contribution is 2.30. The van der Waals surface area contributed by atoms with Crippen LogP contribution in [0.1, 0.15) is 16.8 Å². The molecule has 1 fully saturated rings. The number of carbonyl (C=O) groups is 1. The van der Waals surface area contributed by atoms with Crippen molar-refractivity contribution in [3.63, 3.8) is 0 Å². The Balaban J connectivity index is 2.17.